The predicted molar refractivity (Wildman–Crippen MR) is 126 cm³/mol. The molecule has 0 bridgehead atoms. The van der Waals surface area contributed by atoms with Gasteiger partial charge in [0.25, 0.3) is 0 Å². The molecule has 1 saturated heterocycles. The lowest BCUT2D eigenvalue weighted by Crippen LogP contribution is -2.49. The highest BCUT2D eigenvalue weighted by Crippen LogP contribution is 2.27. The molecule has 1 unspecified atom stereocenters. The number of aromatic nitrogens is 1. The molecular formula is C24H34N4O2S. The average molecular weight is 443 g/mol. The van der Waals surface area contributed by atoms with E-state index in [-0.39, 0.29) is 29.3 Å². The van der Waals surface area contributed by atoms with Crippen LogP contribution in [0.5, 0.6) is 0 Å². The first-order chi connectivity index (χ1) is 14.7. The molecule has 1 aromatic carbocycles. The lowest BCUT2D eigenvalue weighted by Gasteiger charge is -2.32. The van der Waals surface area contributed by atoms with Crippen molar-refractivity contribution < 1.29 is 9.59 Å². The van der Waals surface area contributed by atoms with Gasteiger partial charge in [-0.25, -0.2) is 4.98 Å². The number of carbonyl (C=O) groups is 2. The zero-order valence-electron chi connectivity index (χ0n) is 19.2. The van der Waals surface area contributed by atoms with Gasteiger partial charge < -0.3 is 15.5 Å². The van der Waals surface area contributed by atoms with Crippen LogP contribution in [0.4, 0.5) is 0 Å². The fraction of sp³-hybridized carbons (Fsp3) is 0.542. The number of carbonyl (C=O) groups excluding carboxylic acids is 2. The van der Waals surface area contributed by atoms with Gasteiger partial charge in [0.2, 0.25) is 11.8 Å². The van der Waals surface area contributed by atoms with Gasteiger partial charge in [-0.15, -0.1) is 11.3 Å². The Morgan fingerprint density at radius 2 is 1.97 bits per heavy atom. The van der Waals surface area contributed by atoms with Gasteiger partial charge in [-0.05, 0) is 43.4 Å². The van der Waals surface area contributed by atoms with E-state index in [2.05, 4.69) is 48.5 Å². The second-order valence-electron chi connectivity index (χ2n) is 9.34. The molecule has 7 heteroatoms. The Kier molecular flexibility index (Phi) is 7.49. The normalized spacial score (nSPS) is 17.6. The lowest BCUT2D eigenvalue weighted by atomic mass is 9.84. The Bertz CT molecular complexity index is 901. The minimum absolute atomic E-state index is 0.0221. The van der Waals surface area contributed by atoms with Crippen LogP contribution < -0.4 is 10.6 Å². The van der Waals surface area contributed by atoms with E-state index < -0.39 is 0 Å². The van der Waals surface area contributed by atoms with Crippen molar-refractivity contribution in [1.29, 1.82) is 0 Å². The number of amides is 2. The summed E-state index contributed by atoms with van der Waals surface area (Å²) in [5.41, 5.74) is 5.04. The maximum Gasteiger partial charge on any atom is 0.243 e. The van der Waals surface area contributed by atoms with Gasteiger partial charge in [-0.1, -0.05) is 45.0 Å². The minimum Gasteiger partial charge on any atom is -0.350 e. The van der Waals surface area contributed by atoms with E-state index in [9.17, 15) is 9.59 Å². The van der Waals surface area contributed by atoms with Crippen molar-refractivity contribution in [3.63, 3.8) is 0 Å². The maximum atomic E-state index is 12.9. The van der Waals surface area contributed by atoms with Gasteiger partial charge in [-0.3, -0.25) is 9.59 Å². The Labute approximate surface area is 189 Å². The molecule has 2 heterocycles. The standard InChI is InChI=1S/C24H34N4O2S/c1-16-22(31-15-27-16)18-10-8-17(9-11-18)14-26-23(30)19-7-6-12-28(19)21(29)13-20(25-5)24(2,3)4/h8-11,15,19-20,25H,6-7,12-14H2,1-5H3,(H,26,30)/t19?,20-/m1/s1. The van der Waals surface area contributed by atoms with Crippen LogP contribution in [0.15, 0.2) is 29.8 Å². The number of aryl methyl sites for hydroxylation is 1. The summed E-state index contributed by atoms with van der Waals surface area (Å²) in [5.74, 6) is -0.0128. The zero-order valence-corrected chi connectivity index (χ0v) is 20.0. The Balaban J connectivity index is 1.57. The number of nitrogens with one attached hydrogen (secondary N) is 2. The molecule has 31 heavy (non-hydrogen) atoms. The number of likely N-dealkylation sites (tertiary alicyclic amines) is 1. The average Bonchev–Trinajstić information content (AvgIpc) is 3.39. The van der Waals surface area contributed by atoms with Crippen LogP contribution in [0.3, 0.4) is 0 Å². The van der Waals surface area contributed by atoms with Gasteiger partial charge in [-0.2, -0.15) is 0 Å². The molecule has 0 aliphatic carbocycles. The van der Waals surface area contributed by atoms with Crippen LogP contribution in [0.25, 0.3) is 10.4 Å². The summed E-state index contributed by atoms with van der Waals surface area (Å²) in [6.45, 7) is 9.49. The molecule has 2 N–H and O–H groups in total. The van der Waals surface area contributed by atoms with Crippen molar-refractivity contribution in [2.45, 2.75) is 65.6 Å². The lowest BCUT2D eigenvalue weighted by molar-refractivity contribution is -0.139. The van der Waals surface area contributed by atoms with Crippen LogP contribution in [0, 0.1) is 12.3 Å². The van der Waals surface area contributed by atoms with Gasteiger partial charge in [0, 0.05) is 25.6 Å². The quantitative estimate of drug-likeness (QED) is 0.685. The van der Waals surface area contributed by atoms with Crippen molar-refractivity contribution >= 4 is 23.2 Å². The molecule has 0 saturated carbocycles. The molecule has 1 fully saturated rings. The fourth-order valence-electron chi connectivity index (χ4n) is 4.13. The zero-order chi connectivity index (χ0) is 22.6. The highest BCUT2D eigenvalue weighted by atomic mass is 32.1. The van der Waals surface area contributed by atoms with Crippen LogP contribution in [0.2, 0.25) is 0 Å². The van der Waals surface area contributed by atoms with Crippen LogP contribution in [-0.2, 0) is 16.1 Å². The van der Waals surface area contributed by atoms with Gasteiger partial charge in [0.1, 0.15) is 6.04 Å². The Morgan fingerprint density at radius 3 is 2.55 bits per heavy atom. The molecule has 2 aromatic rings. The summed E-state index contributed by atoms with van der Waals surface area (Å²) >= 11 is 1.63. The summed E-state index contributed by atoms with van der Waals surface area (Å²) in [7, 11) is 1.89. The largest absolute Gasteiger partial charge is 0.350 e. The van der Waals surface area contributed by atoms with E-state index in [1.54, 1.807) is 16.2 Å². The van der Waals surface area contributed by atoms with Crippen LogP contribution >= 0.6 is 11.3 Å². The van der Waals surface area contributed by atoms with E-state index in [0.717, 1.165) is 29.7 Å². The van der Waals surface area contributed by atoms with Crippen molar-refractivity contribution in [3.05, 3.63) is 41.0 Å². The third kappa shape index (κ3) is 5.71. The van der Waals surface area contributed by atoms with Crippen molar-refractivity contribution in [3.8, 4) is 10.4 Å². The molecule has 2 atom stereocenters. The Hall–Kier alpha value is -2.25. The number of nitrogens with zero attached hydrogens (tertiary/aromatic N) is 2. The second kappa shape index (κ2) is 9.92. The molecule has 0 spiro atoms. The highest BCUT2D eigenvalue weighted by molar-refractivity contribution is 7.13. The molecule has 0 radical (unpaired) electrons. The number of thiazole rings is 1. The van der Waals surface area contributed by atoms with E-state index in [0.29, 0.717) is 19.5 Å². The number of hydrogen-bond donors (Lipinski definition) is 2. The van der Waals surface area contributed by atoms with Crippen LogP contribution in [0.1, 0.15) is 51.3 Å². The smallest absolute Gasteiger partial charge is 0.243 e. The minimum atomic E-state index is -0.371. The first-order valence-corrected chi connectivity index (χ1v) is 11.8. The molecule has 3 rings (SSSR count). The molecule has 1 aliphatic heterocycles. The van der Waals surface area contributed by atoms with E-state index in [1.807, 2.05) is 31.6 Å². The van der Waals surface area contributed by atoms with Crippen molar-refractivity contribution in [1.82, 2.24) is 20.5 Å². The SMILES string of the molecule is CN[C@H](CC(=O)N1CCCC1C(=O)NCc1ccc(-c2scnc2C)cc1)C(C)(C)C. The first kappa shape index (κ1) is 23.4. The Morgan fingerprint density at radius 1 is 1.26 bits per heavy atom. The van der Waals surface area contributed by atoms with Gasteiger partial charge >= 0.3 is 0 Å². The maximum absolute atomic E-state index is 12.9. The van der Waals surface area contributed by atoms with E-state index in [4.69, 9.17) is 0 Å². The van der Waals surface area contributed by atoms with Crippen molar-refractivity contribution in [2.75, 3.05) is 13.6 Å². The summed E-state index contributed by atoms with van der Waals surface area (Å²) < 4.78 is 0. The first-order valence-electron chi connectivity index (χ1n) is 10.9. The molecule has 1 aromatic heterocycles. The highest BCUT2D eigenvalue weighted by Gasteiger charge is 2.36. The summed E-state index contributed by atoms with van der Waals surface area (Å²) in [6.07, 6.45) is 2.00. The predicted octanol–water partition coefficient (Wildman–Crippen LogP) is 3.75. The third-order valence-corrected chi connectivity index (χ3v) is 7.05. The molecule has 168 valence electrons. The van der Waals surface area contributed by atoms with Crippen molar-refractivity contribution in [2.24, 2.45) is 5.41 Å². The van der Waals surface area contributed by atoms with Crippen LogP contribution in [-0.4, -0.2) is 47.4 Å². The third-order valence-electron chi connectivity index (χ3n) is 6.08. The number of hydrogen-bond acceptors (Lipinski definition) is 5. The topological polar surface area (TPSA) is 74.3 Å². The van der Waals surface area contributed by atoms with E-state index in [1.165, 1.54) is 4.88 Å². The molecule has 2 amide bonds. The van der Waals surface area contributed by atoms with E-state index >= 15 is 0 Å². The van der Waals surface area contributed by atoms with Gasteiger partial charge in [0.15, 0.2) is 0 Å². The molecule has 1 aliphatic rings. The molecular weight excluding hydrogens is 408 g/mol. The number of benzene rings is 1. The fourth-order valence-corrected chi connectivity index (χ4v) is 4.94. The molecule has 6 nitrogen and oxygen atoms in total. The van der Waals surface area contributed by atoms with Gasteiger partial charge in [0.05, 0.1) is 16.1 Å². The monoisotopic (exact) mass is 442 g/mol. The second-order valence-corrected chi connectivity index (χ2v) is 10.2. The summed E-state index contributed by atoms with van der Waals surface area (Å²) in [6, 6.07) is 7.91. The summed E-state index contributed by atoms with van der Waals surface area (Å²) in [4.78, 5) is 33.0. The number of rotatable bonds is 7. The summed E-state index contributed by atoms with van der Waals surface area (Å²) in [5, 5.41) is 6.28.